The van der Waals surface area contributed by atoms with E-state index in [-0.39, 0.29) is 17.0 Å². The van der Waals surface area contributed by atoms with Crippen LogP contribution in [0.3, 0.4) is 0 Å². The number of hydrogen-bond acceptors (Lipinski definition) is 2. The molecule has 0 unspecified atom stereocenters. The van der Waals surface area contributed by atoms with Crippen LogP contribution in [0.15, 0.2) is 42.5 Å². The van der Waals surface area contributed by atoms with Crippen LogP contribution in [0.25, 0.3) is 11.1 Å². The normalized spacial score (nSPS) is 9.68. The third kappa shape index (κ3) is 3.83. The molecule has 1 aliphatic carbocycles. The van der Waals surface area contributed by atoms with E-state index in [4.69, 9.17) is 9.59 Å². The van der Waals surface area contributed by atoms with Gasteiger partial charge in [0.2, 0.25) is 0 Å². The van der Waals surface area contributed by atoms with E-state index in [1.54, 1.807) is 0 Å². The molecule has 1 aliphatic rings. The van der Waals surface area contributed by atoms with E-state index in [1.807, 2.05) is 6.07 Å². The van der Waals surface area contributed by atoms with Gasteiger partial charge in [-0.2, -0.15) is 29.8 Å². The Bertz CT molecular complexity index is 625. The second-order valence-electron chi connectivity index (χ2n) is 3.63. The number of halogens is 1. The third-order valence-electron chi connectivity index (χ3n) is 2.69. The Morgan fingerprint density at radius 2 is 1.68 bits per heavy atom. The fourth-order valence-corrected chi connectivity index (χ4v) is 2.08. The predicted octanol–water partition coefficient (Wildman–Crippen LogP) is -0.735. The Labute approximate surface area is 128 Å². The summed E-state index contributed by atoms with van der Waals surface area (Å²) >= 11 is -0.842. The van der Waals surface area contributed by atoms with Crippen molar-refractivity contribution >= 4 is 8.95 Å². The van der Waals surface area contributed by atoms with Crippen LogP contribution < -0.4 is 17.0 Å². The van der Waals surface area contributed by atoms with E-state index in [9.17, 15) is 0 Å². The summed E-state index contributed by atoms with van der Waals surface area (Å²) in [6.07, 6.45) is 1.05. The maximum absolute atomic E-state index is 9.06. The molecular weight excluding hydrogens is 393 g/mol. The van der Waals surface area contributed by atoms with Gasteiger partial charge in [-0.05, 0) is 6.42 Å². The molecule has 0 aliphatic heterocycles. The molecule has 98 valence electrons. The van der Waals surface area contributed by atoms with Gasteiger partial charge in [-0.1, -0.05) is 35.4 Å². The van der Waals surface area contributed by atoms with Crippen LogP contribution in [-0.4, -0.2) is 8.95 Å². The van der Waals surface area contributed by atoms with E-state index in [0.29, 0.717) is 0 Å². The van der Waals surface area contributed by atoms with E-state index in [1.165, 1.54) is 31.2 Å². The van der Waals surface area contributed by atoms with E-state index >= 15 is 0 Å². The van der Waals surface area contributed by atoms with Crippen molar-refractivity contribution in [3.05, 3.63) is 59.7 Å². The van der Waals surface area contributed by atoms with Crippen molar-refractivity contribution in [3.63, 3.8) is 0 Å². The van der Waals surface area contributed by atoms with Gasteiger partial charge in [0, 0.05) is 0 Å². The summed E-state index contributed by atoms with van der Waals surface area (Å²) in [6, 6.07) is 18.1. The van der Waals surface area contributed by atoms with Gasteiger partial charge in [0.1, 0.15) is 0 Å². The molecule has 0 saturated carbocycles. The Hall–Kier alpha value is -1.30. The van der Waals surface area contributed by atoms with Crippen molar-refractivity contribution in [1.29, 1.82) is 0 Å². The molecule has 0 radical (unpaired) electrons. The molecule has 2 nitrogen and oxygen atoms in total. The molecular formula is C15H9BrO2Ru-2. The average molecular weight is 402 g/mol. The van der Waals surface area contributed by atoms with E-state index < -0.39 is 16.2 Å². The Morgan fingerprint density at radius 3 is 2.37 bits per heavy atom. The first-order chi connectivity index (χ1) is 8.86. The molecule has 0 atom stereocenters. The molecule has 19 heavy (non-hydrogen) atoms. The summed E-state index contributed by atoms with van der Waals surface area (Å²) in [5, 5.41) is 0. The molecule has 4 heteroatoms. The fourth-order valence-electron chi connectivity index (χ4n) is 2.01. The molecule has 3 rings (SSSR count). The minimum absolute atomic E-state index is 0. The van der Waals surface area contributed by atoms with E-state index in [2.05, 4.69) is 42.5 Å². The minimum atomic E-state index is -0.842. The van der Waals surface area contributed by atoms with Crippen molar-refractivity contribution in [2.45, 2.75) is 6.42 Å². The fraction of sp³-hybridized carbons (Fsp3) is 0.0667. The first kappa shape index (κ1) is 15.8. The standard InChI is InChI=1S/C13H9.2CO.BrH.Ru/c1-3-7-12-10(5-1)9-11-6-2-4-8-13(11)12;2*1-2;;/h1-5,7-8H,9H2;;;1H;/q-1;;;;/p-1. The average Bonchev–Trinajstić information content (AvgIpc) is 2.79. The molecule has 2 aromatic carbocycles. The number of carbonyl (C=O) groups excluding carboxylic acids is 2. The van der Waals surface area contributed by atoms with Gasteiger partial charge in [0.05, 0.1) is 0 Å². The van der Waals surface area contributed by atoms with Gasteiger partial charge < -0.3 is 17.0 Å². The number of hydrogen-bond donors (Lipinski definition) is 0. The Morgan fingerprint density at radius 1 is 1.00 bits per heavy atom. The molecule has 0 spiro atoms. The van der Waals surface area contributed by atoms with Gasteiger partial charge in [-0.3, -0.25) is 0 Å². The SMILES string of the molecule is O=[C]=[Ru]=[C]=O.[Br-].[c-]1cccc2c1Cc1ccccc1-2. The topological polar surface area (TPSA) is 34.1 Å². The Kier molecular flexibility index (Phi) is 6.63. The van der Waals surface area contributed by atoms with Crippen LogP contribution >= 0.6 is 0 Å². The maximum atomic E-state index is 9.06. The number of fused-ring (bicyclic) bond motifs is 3. The van der Waals surface area contributed by atoms with Crippen LogP contribution in [0.2, 0.25) is 0 Å². The summed E-state index contributed by atoms with van der Waals surface area (Å²) in [7, 11) is 0. The van der Waals surface area contributed by atoms with Crippen LogP contribution in [-0.2, 0) is 32.2 Å². The summed E-state index contributed by atoms with van der Waals surface area (Å²) < 4.78 is 2.87. The Balaban J connectivity index is 0.000000265. The molecule has 0 saturated heterocycles. The second-order valence-corrected chi connectivity index (χ2v) is 4.77. The smallest absolute Gasteiger partial charge is 0.0253 e. The summed E-state index contributed by atoms with van der Waals surface area (Å²) in [5.41, 5.74) is 5.51. The van der Waals surface area contributed by atoms with Crippen LogP contribution in [0, 0.1) is 6.07 Å². The van der Waals surface area contributed by atoms with Gasteiger partial charge >= 0.3 is 34.8 Å². The zero-order valence-corrected chi connectivity index (χ0v) is 13.1. The quantitative estimate of drug-likeness (QED) is 0.367. The zero-order valence-electron chi connectivity index (χ0n) is 9.80. The van der Waals surface area contributed by atoms with Gasteiger partial charge in [-0.15, -0.1) is 5.56 Å². The largest absolute Gasteiger partial charge is 1.00 e. The van der Waals surface area contributed by atoms with Crippen molar-refractivity contribution in [2.75, 3.05) is 0 Å². The van der Waals surface area contributed by atoms with Crippen molar-refractivity contribution < 1.29 is 42.8 Å². The van der Waals surface area contributed by atoms with Crippen LogP contribution in [0.5, 0.6) is 0 Å². The van der Waals surface area contributed by atoms with Gasteiger partial charge in [-0.25, -0.2) is 0 Å². The summed E-state index contributed by atoms with van der Waals surface area (Å²) in [6.45, 7) is 0. The van der Waals surface area contributed by atoms with Gasteiger partial charge in [0.25, 0.3) is 0 Å². The monoisotopic (exact) mass is 402 g/mol. The molecule has 0 N–H and O–H groups in total. The molecule has 0 aromatic heterocycles. The van der Waals surface area contributed by atoms with E-state index in [0.717, 1.165) is 6.42 Å². The number of rotatable bonds is 0. The first-order valence-corrected chi connectivity index (χ1v) is 7.03. The van der Waals surface area contributed by atoms with Crippen molar-refractivity contribution in [2.24, 2.45) is 0 Å². The molecule has 0 amide bonds. The van der Waals surface area contributed by atoms with Crippen LogP contribution in [0.1, 0.15) is 11.1 Å². The second kappa shape index (κ2) is 7.99. The van der Waals surface area contributed by atoms with Crippen molar-refractivity contribution in [3.8, 4) is 11.1 Å². The van der Waals surface area contributed by atoms with Gasteiger partial charge in [0.15, 0.2) is 0 Å². The van der Waals surface area contributed by atoms with Crippen molar-refractivity contribution in [1.82, 2.24) is 0 Å². The molecule has 0 heterocycles. The molecule has 2 aromatic rings. The predicted molar refractivity (Wildman–Crippen MR) is 64.9 cm³/mol. The zero-order chi connectivity index (χ0) is 12.8. The third-order valence-corrected chi connectivity index (χ3v) is 3.04. The van der Waals surface area contributed by atoms with Crippen LogP contribution in [0.4, 0.5) is 0 Å². The minimum Gasteiger partial charge on any atom is -1.00 e. The maximum Gasteiger partial charge on any atom is -0.0253 e. The molecule has 0 bridgehead atoms. The summed E-state index contributed by atoms with van der Waals surface area (Å²) in [4.78, 5) is 18.1. The first-order valence-electron chi connectivity index (χ1n) is 5.29. The summed E-state index contributed by atoms with van der Waals surface area (Å²) in [5.74, 6) is 0. The molecule has 0 fully saturated rings. The number of benzene rings is 2.